The second-order valence-electron chi connectivity index (χ2n) is 8.28. The highest BCUT2D eigenvalue weighted by Gasteiger charge is 2.52. The Morgan fingerprint density at radius 2 is 1.87 bits per heavy atom. The molecule has 0 radical (unpaired) electrons. The van der Waals surface area contributed by atoms with E-state index in [9.17, 15) is 13.2 Å². The number of sulfonamides is 1. The van der Waals surface area contributed by atoms with Crippen LogP contribution in [0.25, 0.3) is 0 Å². The summed E-state index contributed by atoms with van der Waals surface area (Å²) in [5.41, 5.74) is 0.160. The molecule has 3 fully saturated rings. The normalized spacial score (nSPS) is 24.5. The van der Waals surface area contributed by atoms with E-state index in [1.54, 1.807) is 20.0 Å². The summed E-state index contributed by atoms with van der Waals surface area (Å²) in [5, 5.41) is 11.2. The average Bonchev–Trinajstić information content (AvgIpc) is 3.38. The van der Waals surface area contributed by atoms with Crippen LogP contribution in [0.2, 0.25) is 0 Å². The lowest BCUT2D eigenvalue weighted by Gasteiger charge is -2.35. The molecule has 10 nitrogen and oxygen atoms in total. The van der Waals surface area contributed by atoms with Gasteiger partial charge in [-0.05, 0) is 51.8 Å². The van der Waals surface area contributed by atoms with Crippen molar-refractivity contribution in [2.45, 2.75) is 50.2 Å². The van der Waals surface area contributed by atoms with Crippen LogP contribution in [0.5, 0.6) is 0 Å². The Kier molecular flexibility index (Phi) is 6.83. The van der Waals surface area contributed by atoms with Gasteiger partial charge in [-0.2, -0.15) is 9.40 Å². The number of piperidine rings is 1. The Morgan fingerprint density at radius 1 is 1.27 bits per heavy atom. The monoisotopic (exact) mass is 442 g/mol. The van der Waals surface area contributed by atoms with Gasteiger partial charge in [0.05, 0.1) is 11.1 Å². The van der Waals surface area contributed by atoms with Crippen molar-refractivity contribution < 1.29 is 27.9 Å². The fourth-order valence-electron chi connectivity index (χ4n) is 4.72. The van der Waals surface area contributed by atoms with Crippen molar-refractivity contribution in [2.24, 2.45) is 12.5 Å². The number of esters is 1. The van der Waals surface area contributed by atoms with Crippen LogP contribution in [0.1, 0.15) is 37.8 Å². The molecule has 1 unspecified atom stereocenters. The zero-order valence-corrected chi connectivity index (χ0v) is 18.3. The molecule has 3 aliphatic rings. The number of carbonyl (C=O) groups is 2. The lowest BCUT2D eigenvalue weighted by Crippen LogP contribution is -2.45. The minimum atomic E-state index is -3.59. The fourth-order valence-corrected chi connectivity index (χ4v) is 6.34. The maximum atomic E-state index is 12.9. The van der Waals surface area contributed by atoms with Gasteiger partial charge in [-0.1, -0.05) is 0 Å². The lowest BCUT2D eigenvalue weighted by molar-refractivity contribution is -0.150. The van der Waals surface area contributed by atoms with Crippen LogP contribution in [0, 0.1) is 12.3 Å². The van der Waals surface area contributed by atoms with Gasteiger partial charge in [0.1, 0.15) is 6.10 Å². The molecule has 4 rings (SSSR count). The molecule has 0 aromatic carbocycles. The standard InChI is InChI=1S/C18H28N4O4S.CH2O2/c1-14-11-16(20(2)19-14)27(24,25)22-9-5-18(6-10-22)12-15(26-17(18)23)13-21-7-3-4-8-21;2-1-3/h11,15H,3-10,12-13H2,1-2H3;1H,(H,2,3). The number of ether oxygens (including phenoxy) is 1. The fraction of sp³-hybridized carbons (Fsp3) is 0.737. The number of cyclic esters (lactones) is 1. The van der Waals surface area contributed by atoms with Crippen molar-refractivity contribution in [1.29, 1.82) is 0 Å². The van der Waals surface area contributed by atoms with Gasteiger partial charge in [-0.3, -0.25) is 19.2 Å². The van der Waals surface area contributed by atoms with Crippen LogP contribution in [-0.2, 0) is 31.4 Å². The third kappa shape index (κ3) is 4.52. The summed E-state index contributed by atoms with van der Waals surface area (Å²) in [6.45, 7) is 5.19. The SMILES string of the molecule is Cc1cc(S(=O)(=O)N2CCC3(CC2)CC(CN2CCCC2)OC3=O)n(C)n1.O=CO. The van der Waals surface area contributed by atoms with Gasteiger partial charge in [0, 0.05) is 33.1 Å². The molecule has 3 aliphatic heterocycles. The molecule has 1 N–H and O–H groups in total. The van der Waals surface area contributed by atoms with Gasteiger partial charge in [-0.25, -0.2) is 8.42 Å². The first kappa shape index (κ1) is 22.7. The first-order chi connectivity index (χ1) is 14.2. The van der Waals surface area contributed by atoms with Crippen LogP contribution >= 0.6 is 0 Å². The average molecular weight is 443 g/mol. The highest BCUT2D eigenvalue weighted by atomic mass is 32.2. The molecule has 0 saturated carbocycles. The summed E-state index contributed by atoms with van der Waals surface area (Å²) in [6.07, 6.45) is 4.13. The first-order valence-electron chi connectivity index (χ1n) is 10.2. The second kappa shape index (κ2) is 9.03. The van der Waals surface area contributed by atoms with Gasteiger partial charge < -0.3 is 9.84 Å². The molecule has 0 aliphatic carbocycles. The maximum absolute atomic E-state index is 12.9. The van der Waals surface area contributed by atoms with E-state index in [-0.39, 0.29) is 23.6 Å². The number of carboxylic acid groups (broad SMARTS) is 1. The number of nitrogens with zero attached hydrogens (tertiary/aromatic N) is 4. The van der Waals surface area contributed by atoms with Gasteiger partial charge in [-0.15, -0.1) is 0 Å². The topological polar surface area (TPSA) is 122 Å². The number of aryl methyl sites for hydroxylation is 2. The van der Waals surface area contributed by atoms with Crippen LogP contribution in [0.15, 0.2) is 11.1 Å². The van der Waals surface area contributed by atoms with Crippen molar-refractivity contribution in [3.63, 3.8) is 0 Å². The largest absolute Gasteiger partial charge is 0.483 e. The van der Waals surface area contributed by atoms with E-state index < -0.39 is 15.4 Å². The number of aromatic nitrogens is 2. The number of hydrogen-bond acceptors (Lipinski definition) is 7. The number of carbonyl (C=O) groups excluding carboxylic acids is 1. The number of likely N-dealkylation sites (tertiary alicyclic amines) is 1. The Bertz CT molecular complexity index is 870. The highest BCUT2D eigenvalue weighted by Crippen LogP contribution is 2.44. The van der Waals surface area contributed by atoms with E-state index in [1.807, 2.05) is 0 Å². The minimum absolute atomic E-state index is 0.0570. The molecule has 30 heavy (non-hydrogen) atoms. The zero-order chi connectivity index (χ0) is 21.9. The number of hydrogen-bond donors (Lipinski definition) is 1. The van der Waals surface area contributed by atoms with Crippen LogP contribution in [0.4, 0.5) is 0 Å². The molecular formula is C19H30N4O6S. The molecule has 168 valence electrons. The third-order valence-corrected chi connectivity index (χ3v) is 8.18. The lowest BCUT2D eigenvalue weighted by atomic mass is 9.76. The van der Waals surface area contributed by atoms with Crippen LogP contribution in [-0.4, -0.2) is 83.8 Å². The molecule has 4 heterocycles. The van der Waals surface area contributed by atoms with E-state index in [2.05, 4.69) is 10.00 Å². The quantitative estimate of drug-likeness (QED) is 0.532. The Labute approximate surface area is 176 Å². The third-order valence-electron chi connectivity index (χ3n) is 6.23. The van der Waals surface area contributed by atoms with Gasteiger partial charge in [0.25, 0.3) is 16.5 Å². The first-order valence-corrected chi connectivity index (χ1v) is 11.7. The molecule has 0 amide bonds. The maximum Gasteiger partial charge on any atom is 0.312 e. The van der Waals surface area contributed by atoms with E-state index in [0.29, 0.717) is 38.0 Å². The Morgan fingerprint density at radius 3 is 2.40 bits per heavy atom. The van der Waals surface area contributed by atoms with Crippen molar-refractivity contribution >= 4 is 22.5 Å². The molecule has 1 atom stereocenters. The van der Waals surface area contributed by atoms with E-state index in [1.165, 1.54) is 21.8 Å². The second-order valence-corrected chi connectivity index (χ2v) is 10.2. The van der Waals surface area contributed by atoms with E-state index >= 15 is 0 Å². The number of rotatable bonds is 4. The van der Waals surface area contributed by atoms with E-state index in [4.69, 9.17) is 14.6 Å². The molecule has 0 bridgehead atoms. The summed E-state index contributed by atoms with van der Waals surface area (Å²) in [5.74, 6) is -0.139. The molecular weight excluding hydrogens is 412 g/mol. The van der Waals surface area contributed by atoms with Crippen LogP contribution in [0.3, 0.4) is 0 Å². The van der Waals surface area contributed by atoms with E-state index in [0.717, 1.165) is 19.6 Å². The molecule has 1 spiro atoms. The molecule has 1 aromatic heterocycles. The van der Waals surface area contributed by atoms with Crippen molar-refractivity contribution in [1.82, 2.24) is 19.0 Å². The molecule has 11 heteroatoms. The smallest absolute Gasteiger partial charge is 0.312 e. The minimum Gasteiger partial charge on any atom is -0.483 e. The molecule has 3 saturated heterocycles. The predicted molar refractivity (Wildman–Crippen MR) is 107 cm³/mol. The Hall–Kier alpha value is -1.98. The summed E-state index contributed by atoms with van der Waals surface area (Å²) in [7, 11) is -1.95. The van der Waals surface area contributed by atoms with Crippen molar-refractivity contribution in [3.8, 4) is 0 Å². The van der Waals surface area contributed by atoms with Gasteiger partial charge in [0.2, 0.25) is 0 Å². The summed E-state index contributed by atoms with van der Waals surface area (Å²) in [6, 6.07) is 1.59. The van der Waals surface area contributed by atoms with Gasteiger partial charge in [0.15, 0.2) is 5.03 Å². The zero-order valence-electron chi connectivity index (χ0n) is 17.5. The van der Waals surface area contributed by atoms with Crippen molar-refractivity contribution in [2.75, 3.05) is 32.7 Å². The summed E-state index contributed by atoms with van der Waals surface area (Å²) in [4.78, 5) is 23.3. The summed E-state index contributed by atoms with van der Waals surface area (Å²) < 4.78 is 34.5. The highest BCUT2D eigenvalue weighted by molar-refractivity contribution is 7.89. The van der Waals surface area contributed by atoms with Crippen LogP contribution < -0.4 is 0 Å². The molecule has 1 aromatic rings. The predicted octanol–water partition coefficient (Wildman–Crippen LogP) is 0.612. The summed E-state index contributed by atoms with van der Waals surface area (Å²) >= 11 is 0. The Balaban J connectivity index is 0.000000806. The van der Waals surface area contributed by atoms with Gasteiger partial charge >= 0.3 is 5.97 Å². The van der Waals surface area contributed by atoms with Crippen molar-refractivity contribution in [3.05, 3.63) is 11.8 Å².